The van der Waals surface area contributed by atoms with Gasteiger partial charge in [-0.3, -0.25) is 0 Å². The van der Waals surface area contributed by atoms with Gasteiger partial charge in [-0.05, 0) is 31.2 Å². The number of carbonyl (C=O) groups excluding carboxylic acids is 1. The van der Waals surface area contributed by atoms with E-state index in [-0.39, 0.29) is 6.03 Å². The van der Waals surface area contributed by atoms with Crippen LogP contribution in [0.5, 0.6) is 0 Å². The number of anilines is 2. The Kier molecular flexibility index (Phi) is 4.31. The first kappa shape index (κ1) is 16.0. The summed E-state index contributed by atoms with van der Waals surface area (Å²) in [6.07, 6.45) is 2.04. The number of aryl methyl sites for hydroxylation is 1. The molecular weight excluding hydrogens is 316 g/mol. The van der Waals surface area contributed by atoms with E-state index in [0.29, 0.717) is 13.1 Å². The van der Waals surface area contributed by atoms with Crippen LogP contribution in [0.3, 0.4) is 0 Å². The lowest BCUT2D eigenvalue weighted by molar-refractivity contribution is 0.195. The van der Waals surface area contributed by atoms with Crippen molar-refractivity contribution in [3.05, 3.63) is 42.0 Å². The first-order valence-corrected chi connectivity index (χ1v) is 8.83. The third-order valence-corrected chi connectivity index (χ3v) is 4.81. The summed E-state index contributed by atoms with van der Waals surface area (Å²) in [5.41, 5.74) is 3.03. The highest BCUT2D eigenvalue weighted by molar-refractivity contribution is 5.89. The molecule has 1 saturated heterocycles. The summed E-state index contributed by atoms with van der Waals surface area (Å²) in [6.45, 7) is 8.11. The fourth-order valence-electron chi connectivity index (χ4n) is 3.45. The van der Waals surface area contributed by atoms with Crippen LogP contribution >= 0.6 is 0 Å². The number of nitrogens with zero attached hydrogens (tertiary/aromatic N) is 4. The molecule has 0 bridgehead atoms. The molecule has 0 unspecified atom stereocenters. The summed E-state index contributed by atoms with van der Waals surface area (Å²) in [7, 11) is 0. The lowest BCUT2D eigenvalue weighted by Gasteiger charge is -2.30. The van der Waals surface area contributed by atoms with E-state index in [0.717, 1.165) is 49.9 Å². The Morgan fingerprint density at radius 1 is 1.12 bits per heavy atom. The summed E-state index contributed by atoms with van der Waals surface area (Å²) < 4.78 is 2.13. The Bertz CT molecular complexity index is 747. The van der Waals surface area contributed by atoms with E-state index in [1.807, 2.05) is 30.2 Å². The van der Waals surface area contributed by atoms with E-state index in [9.17, 15) is 4.79 Å². The number of nitrogens with one attached hydrogen (secondary N) is 2. The Morgan fingerprint density at radius 2 is 1.88 bits per heavy atom. The van der Waals surface area contributed by atoms with Gasteiger partial charge in [0, 0.05) is 56.8 Å². The van der Waals surface area contributed by atoms with E-state index >= 15 is 0 Å². The highest BCUT2D eigenvalue weighted by Gasteiger charge is 2.22. The molecule has 2 aliphatic rings. The van der Waals surface area contributed by atoms with E-state index in [4.69, 9.17) is 0 Å². The van der Waals surface area contributed by atoms with Crippen molar-refractivity contribution in [1.82, 2.24) is 19.8 Å². The molecule has 2 amide bonds. The number of carbonyl (C=O) groups is 1. The maximum absolute atomic E-state index is 12.5. The number of hydrogen-bond acceptors (Lipinski definition) is 4. The van der Waals surface area contributed by atoms with Gasteiger partial charge in [-0.2, -0.15) is 0 Å². The summed E-state index contributed by atoms with van der Waals surface area (Å²) in [5.74, 6) is 0.952. The largest absolute Gasteiger partial charge is 0.369 e. The SMILES string of the molecule is Cc1cn2c(n1)CN(C(=O)Nc1ccc(N3CCNCC3)cc1)CC2. The minimum Gasteiger partial charge on any atom is -0.369 e. The van der Waals surface area contributed by atoms with Crippen molar-refractivity contribution in [3.8, 4) is 0 Å². The molecule has 1 fully saturated rings. The average Bonchev–Trinajstić information content (AvgIpc) is 3.02. The fraction of sp³-hybridized carbons (Fsp3) is 0.444. The molecule has 0 spiro atoms. The Hall–Kier alpha value is -2.54. The molecule has 0 aliphatic carbocycles. The minimum atomic E-state index is -0.0678. The number of amides is 2. The van der Waals surface area contributed by atoms with Gasteiger partial charge in [0.15, 0.2) is 0 Å². The van der Waals surface area contributed by atoms with Crippen LogP contribution in [0.15, 0.2) is 30.5 Å². The van der Waals surface area contributed by atoms with Gasteiger partial charge in [0.1, 0.15) is 5.82 Å². The highest BCUT2D eigenvalue weighted by atomic mass is 16.2. The van der Waals surface area contributed by atoms with Crippen molar-refractivity contribution in [2.45, 2.75) is 20.0 Å². The van der Waals surface area contributed by atoms with E-state index in [1.54, 1.807) is 0 Å². The Labute approximate surface area is 147 Å². The monoisotopic (exact) mass is 340 g/mol. The third kappa shape index (κ3) is 3.46. The molecule has 1 aromatic heterocycles. The van der Waals surface area contributed by atoms with Gasteiger partial charge >= 0.3 is 6.03 Å². The zero-order chi connectivity index (χ0) is 17.2. The van der Waals surface area contributed by atoms with Crippen LogP contribution in [0.1, 0.15) is 11.5 Å². The van der Waals surface area contributed by atoms with Crippen molar-refractivity contribution in [1.29, 1.82) is 0 Å². The van der Waals surface area contributed by atoms with Crippen molar-refractivity contribution in [3.63, 3.8) is 0 Å². The van der Waals surface area contributed by atoms with E-state index in [2.05, 4.69) is 37.2 Å². The maximum atomic E-state index is 12.5. The van der Waals surface area contributed by atoms with Gasteiger partial charge in [-0.25, -0.2) is 9.78 Å². The normalized spacial score (nSPS) is 17.3. The number of aromatic nitrogens is 2. The first-order chi connectivity index (χ1) is 12.2. The molecule has 4 rings (SSSR count). The lowest BCUT2D eigenvalue weighted by atomic mass is 10.2. The summed E-state index contributed by atoms with van der Waals surface area (Å²) in [5, 5.41) is 6.35. The van der Waals surface area contributed by atoms with E-state index in [1.165, 1.54) is 5.69 Å². The van der Waals surface area contributed by atoms with Crippen LogP contribution in [-0.4, -0.2) is 53.2 Å². The molecule has 0 saturated carbocycles. The van der Waals surface area contributed by atoms with E-state index < -0.39 is 0 Å². The van der Waals surface area contributed by atoms with Crippen LogP contribution in [0.25, 0.3) is 0 Å². The average molecular weight is 340 g/mol. The van der Waals surface area contributed by atoms with Crippen LogP contribution in [0, 0.1) is 6.92 Å². The molecule has 1 aromatic carbocycles. The molecule has 0 radical (unpaired) electrons. The molecule has 132 valence electrons. The molecule has 2 aromatic rings. The van der Waals surface area contributed by atoms with Crippen molar-refractivity contribution in [2.24, 2.45) is 0 Å². The Balaban J connectivity index is 1.37. The second-order valence-corrected chi connectivity index (χ2v) is 6.63. The first-order valence-electron chi connectivity index (χ1n) is 8.83. The van der Waals surface area contributed by atoms with Crippen molar-refractivity contribution < 1.29 is 4.79 Å². The number of piperazine rings is 1. The summed E-state index contributed by atoms with van der Waals surface area (Å²) in [6, 6.07) is 8.04. The summed E-state index contributed by atoms with van der Waals surface area (Å²) in [4.78, 5) is 21.2. The van der Waals surface area contributed by atoms with Gasteiger partial charge < -0.3 is 25.0 Å². The van der Waals surface area contributed by atoms with Crippen molar-refractivity contribution in [2.75, 3.05) is 42.9 Å². The molecule has 7 heteroatoms. The second kappa shape index (κ2) is 6.76. The second-order valence-electron chi connectivity index (χ2n) is 6.63. The molecule has 2 aliphatic heterocycles. The smallest absolute Gasteiger partial charge is 0.322 e. The van der Waals surface area contributed by atoms with Gasteiger partial charge in [0.2, 0.25) is 0 Å². The Morgan fingerprint density at radius 3 is 2.64 bits per heavy atom. The standard InChI is InChI=1S/C18H24N6O/c1-14-12-23-10-11-24(13-17(23)20-14)18(25)21-15-2-4-16(5-3-15)22-8-6-19-7-9-22/h2-5,12,19H,6-11,13H2,1H3,(H,21,25). The number of rotatable bonds is 2. The molecule has 2 N–H and O–H groups in total. The zero-order valence-corrected chi connectivity index (χ0v) is 14.5. The quantitative estimate of drug-likeness (QED) is 0.872. The number of fused-ring (bicyclic) bond motifs is 1. The fourth-order valence-corrected chi connectivity index (χ4v) is 3.45. The van der Waals surface area contributed by atoms with Gasteiger partial charge in [-0.15, -0.1) is 0 Å². The molecule has 0 atom stereocenters. The van der Waals surface area contributed by atoms with Gasteiger partial charge in [0.25, 0.3) is 0 Å². The molecule has 25 heavy (non-hydrogen) atoms. The molecular formula is C18H24N6O. The number of urea groups is 1. The lowest BCUT2D eigenvalue weighted by Crippen LogP contribution is -2.43. The third-order valence-electron chi connectivity index (χ3n) is 4.81. The van der Waals surface area contributed by atoms with Crippen LogP contribution in [-0.2, 0) is 13.1 Å². The maximum Gasteiger partial charge on any atom is 0.322 e. The molecule has 7 nitrogen and oxygen atoms in total. The van der Waals surface area contributed by atoms with Crippen LogP contribution in [0.4, 0.5) is 16.2 Å². The summed E-state index contributed by atoms with van der Waals surface area (Å²) >= 11 is 0. The van der Waals surface area contributed by atoms with Gasteiger partial charge in [0.05, 0.1) is 12.2 Å². The van der Waals surface area contributed by atoms with Gasteiger partial charge in [-0.1, -0.05) is 0 Å². The predicted molar refractivity (Wildman–Crippen MR) is 97.9 cm³/mol. The predicted octanol–water partition coefficient (Wildman–Crippen LogP) is 1.65. The van der Waals surface area contributed by atoms with Crippen molar-refractivity contribution >= 4 is 17.4 Å². The number of hydrogen-bond donors (Lipinski definition) is 2. The minimum absolute atomic E-state index is 0.0678. The number of benzene rings is 1. The zero-order valence-electron chi connectivity index (χ0n) is 14.5. The number of imidazole rings is 1. The topological polar surface area (TPSA) is 65.4 Å². The molecule has 3 heterocycles. The van der Waals surface area contributed by atoms with Crippen LogP contribution in [0.2, 0.25) is 0 Å². The van der Waals surface area contributed by atoms with Crippen LogP contribution < -0.4 is 15.5 Å². The highest BCUT2D eigenvalue weighted by Crippen LogP contribution is 2.19.